The fourth-order valence-electron chi connectivity index (χ4n) is 3.50. The highest BCUT2D eigenvalue weighted by molar-refractivity contribution is 14.1. The van der Waals surface area contributed by atoms with Crippen molar-refractivity contribution >= 4 is 40.2 Å². The summed E-state index contributed by atoms with van der Waals surface area (Å²) in [5, 5.41) is 1.19. The van der Waals surface area contributed by atoms with E-state index in [0.717, 1.165) is 36.4 Å². The number of rotatable bonds is 6. The molecule has 0 amide bonds. The second-order valence-electron chi connectivity index (χ2n) is 8.77. The molecule has 1 saturated heterocycles. The minimum absolute atomic E-state index is 0.224. The maximum Gasteiger partial charge on any atom is 0.166 e. The van der Waals surface area contributed by atoms with Gasteiger partial charge in [-0.2, -0.15) is 0 Å². The van der Waals surface area contributed by atoms with Crippen molar-refractivity contribution in [3.8, 4) is 28.0 Å². The number of nitrogens with zero attached hydrogens (tertiary/aromatic N) is 5. The van der Waals surface area contributed by atoms with E-state index in [1.165, 1.54) is 11.3 Å². The molecule has 34 heavy (non-hydrogen) atoms. The third-order valence-corrected chi connectivity index (χ3v) is 7.85. The molecular formula is C24H27IN6O2S. The molecule has 10 heteroatoms. The standard InChI is InChI=1S/C24H27IN6O2S/c1-24(2,33-25)7-4-18-11-19(30-15-29-18)14-32-20-10-17(12-27-22(20)26)21-13-28-23(34-21)16-5-8-31(3)9-6-16/h10-13,15-16H,5-6,8-9,14H2,1-3H3,(H2,26,27). The number of halogens is 1. The van der Waals surface area contributed by atoms with Crippen molar-refractivity contribution in [3.05, 3.63) is 47.2 Å². The number of ether oxygens (including phenoxy) is 1. The van der Waals surface area contributed by atoms with E-state index in [4.69, 9.17) is 18.5 Å². The van der Waals surface area contributed by atoms with Crippen molar-refractivity contribution < 1.29 is 7.80 Å². The number of hydrogen-bond acceptors (Lipinski definition) is 9. The van der Waals surface area contributed by atoms with E-state index in [1.54, 1.807) is 23.6 Å². The molecule has 8 nitrogen and oxygen atoms in total. The minimum Gasteiger partial charge on any atom is -0.483 e. The van der Waals surface area contributed by atoms with E-state index in [1.807, 2.05) is 49.1 Å². The van der Waals surface area contributed by atoms with Crippen LogP contribution in [0.15, 0.2) is 30.9 Å². The number of aromatic nitrogens is 4. The third kappa shape index (κ3) is 6.41. The van der Waals surface area contributed by atoms with Gasteiger partial charge < -0.3 is 15.4 Å². The summed E-state index contributed by atoms with van der Waals surface area (Å²) in [7, 11) is 2.17. The number of hydrogen-bond donors (Lipinski definition) is 1. The van der Waals surface area contributed by atoms with Crippen molar-refractivity contribution in [2.45, 2.75) is 44.8 Å². The van der Waals surface area contributed by atoms with Gasteiger partial charge in [0.1, 0.15) is 47.2 Å². The van der Waals surface area contributed by atoms with Crippen molar-refractivity contribution in [1.82, 2.24) is 24.8 Å². The molecule has 1 fully saturated rings. The third-order valence-electron chi connectivity index (χ3n) is 5.54. The molecular weight excluding hydrogens is 563 g/mol. The predicted octanol–water partition coefficient (Wildman–Crippen LogP) is 4.46. The van der Waals surface area contributed by atoms with Gasteiger partial charge >= 0.3 is 0 Å². The number of pyridine rings is 1. The van der Waals surface area contributed by atoms with Crippen LogP contribution in [-0.4, -0.2) is 50.6 Å². The Kier molecular flexibility index (Phi) is 7.98. The topological polar surface area (TPSA) is 99.3 Å². The smallest absolute Gasteiger partial charge is 0.166 e. The van der Waals surface area contributed by atoms with Crippen LogP contribution in [0.4, 0.5) is 5.82 Å². The van der Waals surface area contributed by atoms with Gasteiger partial charge in [0.25, 0.3) is 0 Å². The number of piperidine rings is 1. The number of nitrogen functional groups attached to an aromatic ring is 1. The lowest BCUT2D eigenvalue weighted by atomic mass is 9.98. The Morgan fingerprint density at radius 3 is 2.74 bits per heavy atom. The summed E-state index contributed by atoms with van der Waals surface area (Å²) in [4.78, 5) is 20.9. The molecule has 4 heterocycles. The van der Waals surface area contributed by atoms with Crippen LogP contribution in [0.2, 0.25) is 0 Å². The second-order valence-corrected chi connectivity index (χ2v) is 10.3. The molecule has 0 bridgehead atoms. The quantitative estimate of drug-likeness (QED) is 0.332. The zero-order valence-electron chi connectivity index (χ0n) is 19.4. The average Bonchev–Trinajstić information content (AvgIpc) is 3.33. The summed E-state index contributed by atoms with van der Waals surface area (Å²) in [6, 6.07) is 3.71. The zero-order chi connectivity index (χ0) is 24.1. The molecule has 0 radical (unpaired) electrons. The van der Waals surface area contributed by atoms with Crippen LogP contribution in [-0.2, 0) is 9.67 Å². The number of nitrogens with two attached hydrogens (primary N) is 1. The Hall–Kier alpha value is -2.33. The molecule has 0 aliphatic carbocycles. The van der Waals surface area contributed by atoms with Crippen LogP contribution in [0.5, 0.6) is 5.75 Å². The van der Waals surface area contributed by atoms with Crippen molar-refractivity contribution in [3.63, 3.8) is 0 Å². The molecule has 3 aromatic rings. The molecule has 0 aromatic carbocycles. The van der Waals surface area contributed by atoms with Gasteiger partial charge in [-0.1, -0.05) is 5.92 Å². The van der Waals surface area contributed by atoms with Crippen molar-refractivity contribution in [2.75, 3.05) is 25.9 Å². The van der Waals surface area contributed by atoms with Crippen LogP contribution in [0.25, 0.3) is 10.4 Å². The van der Waals surface area contributed by atoms with Gasteiger partial charge in [0.2, 0.25) is 0 Å². The van der Waals surface area contributed by atoms with Gasteiger partial charge in [-0.05, 0) is 64.9 Å². The molecule has 4 rings (SSSR count). The monoisotopic (exact) mass is 590 g/mol. The van der Waals surface area contributed by atoms with Crippen molar-refractivity contribution in [2.24, 2.45) is 0 Å². The van der Waals surface area contributed by atoms with Gasteiger partial charge in [-0.15, -0.1) is 11.3 Å². The SMILES string of the molecule is CN1CCC(c2ncc(-c3cnc(N)c(OCc4cc(C#CC(C)(C)OI)ncn4)c3)s2)CC1. The molecule has 178 valence electrons. The summed E-state index contributed by atoms with van der Waals surface area (Å²) in [6.07, 6.45) is 7.45. The maximum absolute atomic E-state index is 6.08. The Morgan fingerprint density at radius 1 is 1.18 bits per heavy atom. The Morgan fingerprint density at radius 2 is 1.97 bits per heavy atom. The number of anilines is 1. The highest BCUT2D eigenvalue weighted by atomic mass is 127. The summed E-state index contributed by atoms with van der Waals surface area (Å²) >= 11 is 3.57. The van der Waals surface area contributed by atoms with Crippen LogP contribution in [0.3, 0.4) is 0 Å². The molecule has 3 aromatic heterocycles. The molecule has 0 saturated carbocycles. The first kappa shape index (κ1) is 24.8. The fraction of sp³-hybridized carbons (Fsp3) is 0.417. The Balaban J connectivity index is 1.45. The average molecular weight is 590 g/mol. The normalized spacial score (nSPS) is 15.1. The van der Waals surface area contributed by atoms with E-state index in [9.17, 15) is 0 Å². The lowest BCUT2D eigenvalue weighted by molar-refractivity contribution is 0.251. The fourth-order valence-corrected chi connectivity index (χ4v) is 4.68. The number of thiazole rings is 1. The second kappa shape index (κ2) is 10.9. The molecule has 1 aliphatic heterocycles. The Bertz CT molecular complexity index is 1200. The van der Waals surface area contributed by atoms with E-state index >= 15 is 0 Å². The minimum atomic E-state index is -0.563. The first-order valence-electron chi connectivity index (χ1n) is 11.0. The van der Waals surface area contributed by atoms with E-state index < -0.39 is 5.60 Å². The van der Waals surface area contributed by atoms with Crippen LogP contribution >= 0.6 is 34.3 Å². The van der Waals surface area contributed by atoms with Crippen LogP contribution in [0, 0.1) is 11.8 Å². The predicted molar refractivity (Wildman–Crippen MR) is 142 cm³/mol. The Labute approximate surface area is 218 Å². The van der Waals surface area contributed by atoms with Gasteiger partial charge in [-0.3, -0.25) is 3.07 Å². The van der Waals surface area contributed by atoms with E-state index in [2.05, 4.69) is 38.7 Å². The zero-order valence-corrected chi connectivity index (χ0v) is 22.4. The van der Waals surface area contributed by atoms with Gasteiger partial charge in [0.15, 0.2) is 11.6 Å². The summed E-state index contributed by atoms with van der Waals surface area (Å²) in [5.74, 6) is 7.43. The van der Waals surface area contributed by atoms with Crippen LogP contribution < -0.4 is 10.5 Å². The summed E-state index contributed by atoms with van der Waals surface area (Å²) in [6.45, 7) is 6.23. The molecule has 1 aliphatic rings. The van der Waals surface area contributed by atoms with Gasteiger partial charge in [0.05, 0.1) is 15.6 Å². The maximum atomic E-state index is 6.08. The highest BCUT2D eigenvalue weighted by Gasteiger charge is 2.21. The lowest BCUT2D eigenvalue weighted by Gasteiger charge is -2.27. The van der Waals surface area contributed by atoms with E-state index in [-0.39, 0.29) is 6.61 Å². The summed E-state index contributed by atoms with van der Waals surface area (Å²) < 4.78 is 11.3. The molecule has 0 spiro atoms. The first-order valence-corrected chi connectivity index (χ1v) is 12.7. The highest BCUT2D eigenvalue weighted by Crippen LogP contribution is 2.36. The first-order chi connectivity index (χ1) is 16.3. The molecule has 2 N–H and O–H groups in total. The number of likely N-dealkylation sites (tertiary alicyclic amines) is 1. The van der Waals surface area contributed by atoms with Crippen molar-refractivity contribution in [1.29, 1.82) is 0 Å². The van der Waals surface area contributed by atoms with Gasteiger partial charge in [0, 0.05) is 23.9 Å². The van der Waals surface area contributed by atoms with Crippen LogP contribution in [0.1, 0.15) is 49.0 Å². The largest absolute Gasteiger partial charge is 0.483 e. The molecule has 0 unspecified atom stereocenters. The van der Waals surface area contributed by atoms with Gasteiger partial charge in [-0.25, -0.2) is 19.9 Å². The molecule has 0 atom stereocenters. The van der Waals surface area contributed by atoms with E-state index in [0.29, 0.717) is 28.9 Å². The summed E-state index contributed by atoms with van der Waals surface area (Å²) in [5.41, 5.74) is 7.76. The lowest BCUT2D eigenvalue weighted by Crippen LogP contribution is -2.29.